The second kappa shape index (κ2) is 47.1. The summed E-state index contributed by atoms with van der Waals surface area (Å²) >= 11 is 0. The minimum Gasteiger partial charge on any atom is -0.462 e. The predicted molar refractivity (Wildman–Crippen MR) is 247 cm³/mol. The van der Waals surface area contributed by atoms with Gasteiger partial charge >= 0.3 is 17.9 Å². The molecule has 6 nitrogen and oxygen atoms in total. The number of allylic oxidation sites excluding steroid dienone is 8. The fourth-order valence-corrected chi connectivity index (χ4v) is 6.93. The molecule has 0 fully saturated rings. The second-order valence-electron chi connectivity index (χ2n) is 16.3. The average Bonchev–Trinajstić information content (AvgIpc) is 3.22. The van der Waals surface area contributed by atoms with E-state index in [2.05, 4.69) is 69.4 Å². The number of hydrogen-bond acceptors (Lipinski definition) is 6. The zero-order chi connectivity index (χ0) is 42.3. The number of hydrogen-bond donors (Lipinski definition) is 0. The third-order valence-corrected chi connectivity index (χ3v) is 10.6. The van der Waals surface area contributed by atoms with Crippen LogP contribution in [0, 0.1) is 0 Å². The summed E-state index contributed by atoms with van der Waals surface area (Å²) in [6.07, 6.45) is 55.3. The number of ether oxygens (including phenoxy) is 3. The molecule has 0 saturated carbocycles. The first kappa shape index (κ1) is 55.4. The van der Waals surface area contributed by atoms with Gasteiger partial charge in [0.25, 0.3) is 0 Å². The molecule has 0 saturated heterocycles. The van der Waals surface area contributed by atoms with Crippen molar-refractivity contribution in [3.05, 3.63) is 48.6 Å². The van der Waals surface area contributed by atoms with Crippen LogP contribution in [0.4, 0.5) is 0 Å². The lowest BCUT2D eigenvalue weighted by Crippen LogP contribution is -2.30. The molecule has 0 aromatic heterocycles. The molecule has 1 atom stereocenters. The molecule has 0 aliphatic carbocycles. The van der Waals surface area contributed by atoms with Crippen LogP contribution in [0.25, 0.3) is 0 Å². The van der Waals surface area contributed by atoms with E-state index in [9.17, 15) is 14.4 Å². The van der Waals surface area contributed by atoms with E-state index >= 15 is 0 Å². The monoisotopic (exact) mass is 813 g/mol. The molecular weight excluding hydrogens is 721 g/mol. The normalized spacial score (nSPS) is 12.4. The van der Waals surface area contributed by atoms with E-state index in [1.807, 2.05) is 0 Å². The van der Waals surface area contributed by atoms with Crippen LogP contribution in [0.2, 0.25) is 0 Å². The summed E-state index contributed by atoms with van der Waals surface area (Å²) in [5.74, 6) is -0.907. The molecule has 0 N–H and O–H groups in total. The highest BCUT2D eigenvalue weighted by Gasteiger charge is 2.19. The first-order valence-electron chi connectivity index (χ1n) is 24.6. The molecule has 0 aromatic rings. The van der Waals surface area contributed by atoms with Gasteiger partial charge in [-0.05, 0) is 70.6 Å². The van der Waals surface area contributed by atoms with Crippen LogP contribution in [0.3, 0.4) is 0 Å². The molecule has 0 rings (SSSR count). The topological polar surface area (TPSA) is 78.9 Å². The zero-order valence-corrected chi connectivity index (χ0v) is 38.3. The highest BCUT2D eigenvalue weighted by Crippen LogP contribution is 2.15. The summed E-state index contributed by atoms with van der Waals surface area (Å²) in [5, 5.41) is 0. The SMILES string of the molecule is CC/C=C\C/C=C\CCCCCCCC(=O)OCC(COC(=O)CCCCCCCCCCCCCCCCCC)OC(=O)CCCCCCC/C=C\C/C=C\CC. The van der Waals surface area contributed by atoms with E-state index < -0.39 is 6.10 Å². The van der Waals surface area contributed by atoms with Crippen molar-refractivity contribution in [2.24, 2.45) is 0 Å². The third-order valence-electron chi connectivity index (χ3n) is 10.6. The average molecular weight is 813 g/mol. The smallest absolute Gasteiger partial charge is 0.306 e. The maximum atomic E-state index is 12.7. The number of esters is 3. The molecule has 0 bridgehead atoms. The van der Waals surface area contributed by atoms with E-state index in [1.54, 1.807) is 0 Å². The lowest BCUT2D eigenvalue weighted by molar-refractivity contribution is -0.167. The second-order valence-corrected chi connectivity index (χ2v) is 16.3. The highest BCUT2D eigenvalue weighted by atomic mass is 16.6. The van der Waals surface area contributed by atoms with E-state index in [0.717, 1.165) is 116 Å². The van der Waals surface area contributed by atoms with Gasteiger partial charge in [-0.25, -0.2) is 0 Å². The Morgan fingerprint density at radius 2 is 0.672 bits per heavy atom. The van der Waals surface area contributed by atoms with Gasteiger partial charge in [0.1, 0.15) is 13.2 Å². The van der Waals surface area contributed by atoms with Crippen molar-refractivity contribution in [1.82, 2.24) is 0 Å². The lowest BCUT2D eigenvalue weighted by Gasteiger charge is -2.18. The summed E-state index contributed by atoms with van der Waals surface area (Å²) in [7, 11) is 0. The van der Waals surface area contributed by atoms with Crippen molar-refractivity contribution in [2.45, 2.75) is 252 Å². The molecule has 0 heterocycles. The van der Waals surface area contributed by atoms with Crippen molar-refractivity contribution >= 4 is 17.9 Å². The Morgan fingerprint density at radius 1 is 0.362 bits per heavy atom. The molecule has 336 valence electrons. The lowest BCUT2D eigenvalue weighted by atomic mass is 10.0. The zero-order valence-electron chi connectivity index (χ0n) is 38.3. The fraction of sp³-hybridized carbons (Fsp3) is 0.788. The Morgan fingerprint density at radius 3 is 1.03 bits per heavy atom. The van der Waals surface area contributed by atoms with Crippen molar-refractivity contribution < 1.29 is 28.6 Å². The van der Waals surface area contributed by atoms with Crippen LogP contribution >= 0.6 is 0 Å². The van der Waals surface area contributed by atoms with Gasteiger partial charge in [0.15, 0.2) is 6.10 Å². The molecule has 0 spiro atoms. The number of carbonyl (C=O) groups is 3. The summed E-state index contributed by atoms with van der Waals surface area (Å²) in [5.41, 5.74) is 0. The first-order chi connectivity index (χ1) is 28.5. The first-order valence-corrected chi connectivity index (χ1v) is 24.6. The molecule has 0 aromatic carbocycles. The van der Waals surface area contributed by atoms with Crippen LogP contribution in [-0.2, 0) is 28.6 Å². The van der Waals surface area contributed by atoms with Crippen LogP contribution in [0.15, 0.2) is 48.6 Å². The largest absolute Gasteiger partial charge is 0.462 e. The highest BCUT2D eigenvalue weighted by molar-refractivity contribution is 5.71. The van der Waals surface area contributed by atoms with Gasteiger partial charge in [-0.15, -0.1) is 0 Å². The van der Waals surface area contributed by atoms with Gasteiger partial charge < -0.3 is 14.2 Å². The van der Waals surface area contributed by atoms with Crippen molar-refractivity contribution in [3.8, 4) is 0 Å². The number of rotatable bonds is 44. The minimum atomic E-state index is -0.782. The Balaban J connectivity index is 4.36. The molecule has 0 aliphatic rings. The van der Waals surface area contributed by atoms with Gasteiger partial charge in [0.2, 0.25) is 0 Å². The molecule has 0 radical (unpaired) electrons. The fourth-order valence-electron chi connectivity index (χ4n) is 6.93. The molecule has 58 heavy (non-hydrogen) atoms. The van der Waals surface area contributed by atoms with Gasteiger partial charge in [-0.2, -0.15) is 0 Å². The van der Waals surface area contributed by atoms with Gasteiger partial charge in [0.05, 0.1) is 0 Å². The summed E-state index contributed by atoms with van der Waals surface area (Å²) in [6, 6.07) is 0. The Hall–Kier alpha value is -2.63. The number of carbonyl (C=O) groups excluding carboxylic acids is 3. The summed E-state index contributed by atoms with van der Waals surface area (Å²) < 4.78 is 16.7. The Kier molecular flexibility index (Phi) is 44.9. The predicted octanol–water partition coefficient (Wildman–Crippen LogP) is 15.9. The summed E-state index contributed by atoms with van der Waals surface area (Å²) in [4.78, 5) is 37.8. The molecule has 6 heteroatoms. The third kappa shape index (κ3) is 44.5. The van der Waals surface area contributed by atoms with Crippen LogP contribution in [0.5, 0.6) is 0 Å². The van der Waals surface area contributed by atoms with Crippen molar-refractivity contribution in [2.75, 3.05) is 13.2 Å². The van der Waals surface area contributed by atoms with Gasteiger partial charge in [0, 0.05) is 19.3 Å². The van der Waals surface area contributed by atoms with E-state index in [-0.39, 0.29) is 31.1 Å². The molecular formula is C52H92O6. The van der Waals surface area contributed by atoms with Crippen LogP contribution in [-0.4, -0.2) is 37.2 Å². The minimum absolute atomic E-state index is 0.0815. The van der Waals surface area contributed by atoms with Gasteiger partial charge in [-0.1, -0.05) is 204 Å². The Labute approximate surface area is 358 Å². The van der Waals surface area contributed by atoms with Crippen LogP contribution in [0.1, 0.15) is 245 Å². The van der Waals surface area contributed by atoms with Crippen molar-refractivity contribution in [1.29, 1.82) is 0 Å². The maximum Gasteiger partial charge on any atom is 0.306 e. The van der Waals surface area contributed by atoms with Crippen molar-refractivity contribution in [3.63, 3.8) is 0 Å². The van der Waals surface area contributed by atoms with E-state index in [0.29, 0.717) is 19.3 Å². The van der Waals surface area contributed by atoms with E-state index in [4.69, 9.17) is 14.2 Å². The maximum absolute atomic E-state index is 12.7. The molecule has 0 amide bonds. The Bertz CT molecular complexity index is 1030. The number of unbranched alkanes of at least 4 members (excludes halogenated alkanes) is 25. The summed E-state index contributed by atoms with van der Waals surface area (Å²) in [6.45, 7) is 6.40. The molecule has 0 aliphatic heterocycles. The van der Waals surface area contributed by atoms with E-state index in [1.165, 1.54) is 89.9 Å². The molecule has 1 unspecified atom stereocenters. The standard InChI is InChI=1S/C52H92O6/c1-4-7-10-13-16-19-22-25-26-27-28-31-33-36-39-42-45-51(54)57-48-49(58-52(55)46-43-40-37-34-30-24-21-18-15-12-9-6-3)47-56-50(53)44-41-38-35-32-29-23-20-17-14-11-8-5-2/h8-9,11-12,17-18,20-21,49H,4-7,10,13-16,19,22-48H2,1-3H3/b11-8-,12-9-,20-17-,21-18-. The van der Waals surface area contributed by atoms with Crippen LogP contribution < -0.4 is 0 Å². The van der Waals surface area contributed by atoms with Gasteiger partial charge in [-0.3, -0.25) is 14.4 Å². The quantitative estimate of drug-likeness (QED) is 0.0264.